The van der Waals surface area contributed by atoms with Crippen LogP contribution >= 0.6 is 0 Å². The number of amides is 2. The molecule has 0 fully saturated rings. The Morgan fingerprint density at radius 1 is 0.833 bits per heavy atom. The average molecular weight is 423 g/mol. The second kappa shape index (κ2) is 9.37. The summed E-state index contributed by atoms with van der Waals surface area (Å²) in [5.74, 6) is -0.633. The molecule has 0 aliphatic rings. The molecule has 0 bridgehead atoms. The van der Waals surface area contributed by atoms with E-state index in [1.54, 1.807) is 85.9 Å². The number of nitrogens with one attached hydrogen (secondary N) is 2. The van der Waals surface area contributed by atoms with Crippen LogP contribution in [0.15, 0.2) is 83.8 Å². The van der Waals surface area contributed by atoms with Crippen LogP contribution < -0.4 is 10.6 Å². The third-order valence-corrected chi connectivity index (χ3v) is 6.27. The number of benzene rings is 3. The fourth-order valence-electron chi connectivity index (χ4n) is 2.94. The molecule has 6 nitrogen and oxygen atoms in total. The molecule has 0 aromatic heterocycles. The van der Waals surface area contributed by atoms with Gasteiger partial charge in [-0.1, -0.05) is 48.5 Å². The van der Waals surface area contributed by atoms with Gasteiger partial charge in [0, 0.05) is 18.3 Å². The number of likely N-dealkylation sites (N-methyl/N-ethyl adjacent to an activating group) is 1. The Balaban J connectivity index is 1.71. The van der Waals surface area contributed by atoms with E-state index in [4.69, 9.17) is 0 Å². The summed E-state index contributed by atoms with van der Waals surface area (Å²) in [6, 6.07) is 21.8. The molecule has 0 atom stereocenters. The highest BCUT2D eigenvalue weighted by Gasteiger charge is 2.16. The Morgan fingerprint density at radius 2 is 1.47 bits per heavy atom. The monoisotopic (exact) mass is 422 g/mol. The minimum atomic E-state index is -3.45. The summed E-state index contributed by atoms with van der Waals surface area (Å²) < 4.78 is 25.0. The van der Waals surface area contributed by atoms with E-state index >= 15 is 0 Å². The molecule has 0 aliphatic carbocycles. The molecule has 0 aliphatic heterocycles. The van der Waals surface area contributed by atoms with Gasteiger partial charge in [0.05, 0.1) is 17.1 Å². The first kappa shape index (κ1) is 21.3. The highest BCUT2D eigenvalue weighted by Crippen LogP contribution is 2.19. The number of hydrogen-bond acceptors (Lipinski definition) is 4. The molecule has 0 saturated heterocycles. The van der Waals surface area contributed by atoms with Crippen molar-refractivity contribution in [3.8, 4) is 0 Å². The molecule has 7 heteroatoms. The van der Waals surface area contributed by atoms with Crippen molar-refractivity contribution in [1.82, 2.24) is 5.32 Å². The molecular formula is C23H22N2O4S. The number of rotatable bonds is 7. The topological polar surface area (TPSA) is 92.3 Å². The predicted octanol–water partition coefficient (Wildman–Crippen LogP) is 3.20. The van der Waals surface area contributed by atoms with E-state index in [0.29, 0.717) is 22.4 Å². The van der Waals surface area contributed by atoms with Crippen LogP contribution in [0.3, 0.4) is 0 Å². The number of para-hydroxylation sites is 1. The van der Waals surface area contributed by atoms with E-state index in [0.717, 1.165) is 0 Å². The molecule has 0 heterocycles. The van der Waals surface area contributed by atoms with Crippen LogP contribution in [0.2, 0.25) is 0 Å². The number of sulfone groups is 1. The van der Waals surface area contributed by atoms with Crippen molar-refractivity contribution in [2.45, 2.75) is 17.1 Å². The SMILES string of the molecule is CNC(=O)Cc1ccccc1NC(=O)c1ccc(CS(=O)(=O)c2ccccc2)cc1. The highest BCUT2D eigenvalue weighted by atomic mass is 32.2. The lowest BCUT2D eigenvalue weighted by molar-refractivity contribution is -0.119. The molecule has 0 radical (unpaired) electrons. The van der Waals surface area contributed by atoms with E-state index in [2.05, 4.69) is 10.6 Å². The molecule has 2 N–H and O–H groups in total. The summed E-state index contributed by atoms with van der Waals surface area (Å²) in [5, 5.41) is 5.37. The molecule has 3 aromatic rings. The van der Waals surface area contributed by atoms with Crippen LogP contribution in [-0.2, 0) is 26.8 Å². The first-order valence-corrected chi connectivity index (χ1v) is 11.0. The van der Waals surface area contributed by atoms with Crippen molar-refractivity contribution < 1.29 is 18.0 Å². The van der Waals surface area contributed by atoms with Gasteiger partial charge in [-0.05, 0) is 41.5 Å². The van der Waals surface area contributed by atoms with Crippen LogP contribution in [0.25, 0.3) is 0 Å². The molecule has 3 rings (SSSR count). The first-order valence-electron chi connectivity index (χ1n) is 9.35. The first-order chi connectivity index (χ1) is 14.4. The van der Waals surface area contributed by atoms with Crippen LogP contribution in [0, 0.1) is 0 Å². The number of hydrogen-bond donors (Lipinski definition) is 2. The number of anilines is 1. The Kier molecular flexibility index (Phi) is 6.64. The maximum Gasteiger partial charge on any atom is 0.255 e. The summed E-state index contributed by atoms with van der Waals surface area (Å²) in [5.41, 5.74) is 2.25. The normalized spacial score (nSPS) is 11.0. The average Bonchev–Trinajstić information content (AvgIpc) is 2.76. The van der Waals surface area contributed by atoms with Gasteiger partial charge in [0.2, 0.25) is 5.91 Å². The van der Waals surface area contributed by atoms with Gasteiger partial charge in [-0.15, -0.1) is 0 Å². The van der Waals surface area contributed by atoms with Crippen LogP contribution in [-0.4, -0.2) is 27.3 Å². The molecule has 154 valence electrons. The molecule has 0 saturated carbocycles. The van der Waals surface area contributed by atoms with Crippen molar-refractivity contribution in [1.29, 1.82) is 0 Å². The summed E-state index contributed by atoms with van der Waals surface area (Å²) in [4.78, 5) is 24.5. The van der Waals surface area contributed by atoms with E-state index in [-0.39, 0.29) is 28.9 Å². The third-order valence-electron chi connectivity index (χ3n) is 4.57. The van der Waals surface area contributed by atoms with Crippen molar-refractivity contribution >= 4 is 27.3 Å². The molecule has 0 spiro atoms. The third kappa shape index (κ3) is 5.33. The second-order valence-corrected chi connectivity index (χ2v) is 8.72. The van der Waals surface area contributed by atoms with Gasteiger partial charge in [0.15, 0.2) is 9.84 Å². The standard InChI is InChI=1S/C23H22N2O4S/c1-24-22(26)15-19-7-5-6-10-21(19)25-23(27)18-13-11-17(12-14-18)16-30(28,29)20-8-3-2-4-9-20/h2-14H,15-16H2,1H3,(H,24,26)(H,25,27). The Labute approximate surface area is 175 Å². The summed E-state index contributed by atoms with van der Waals surface area (Å²) in [7, 11) is -1.89. The van der Waals surface area contributed by atoms with Gasteiger partial charge < -0.3 is 10.6 Å². The number of carbonyl (C=O) groups is 2. The quantitative estimate of drug-likeness (QED) is 0.612. The summed E-state index contributed by atoms with van der Waals surface area (Å²) in [6.45, 7) is 0. The minimum Gasteiger partial charge on any atom is -0.359 e. The minimum absolute atomic E-state index is 0.145. The number of carbonyl (C=O) groups excluding carboxylic acids is 2. The molecular weight excluding hydrogens is 400 g/mol. The highest BCUT2D eigenvalue weighted by molar-refractivity contribution is 7.90. The lowest BCUT2D eigenvalue weighted by Gasteiger charge is -2.11. The van der Waals surface area contributed by atoms with Crippen LogP contribution in [0.1, 0.15) is 21.5 Å². The zero-order valence-electron chi connectivity index (χ0n) is 16.5. The maximum absolute atomic E-state index is 12.6. The Bertz CT molecular complexity index is 1140. The van der Waals surface area contributed by atoms with Crippen molar-refractivity contribution in [3.05, 3.63) is 95.6 Å². The summed E-state index contributed by atoms with van der Waals surface area (Å²) in [6.07, 6.45) is 0.156. The smallest absolute Gasteiger partial charge is 0.255 e. The van der Waals surface area contributed by atoms with Crippen molar-refractivity contribution in [3.63, 3.8) is 0 Å². The molecule has 30 heavy (non-hydrogen) atoms. The van der Waals surface area contributed by atoms with E-state index in [1.165, 1.54) is 0 Å². The van der Waals surface area contributed by atoms with Crippen molar-refractivity contribution in [2.75, 3.05) is 12.4 Å². The lowest BCUT2D eigenvalue weighted by atomic mass is 10.1. The van der Waals surface area contributed by atoms with E-state index in [1.807, 2.05) is 0 Å². The van der Waals surface area contributed by atoms with Gasteiger partial charge in [0.25, 0.3) is 5.91 Å². The zero-order chi connectivity index (χ0) is 21.6. The van der Waals surface area contributed by atoms with Gasteiger partial charge in [0.1, 0.15) is 0 Å². The largest absolute Gasteiger partial charge is 0.359 e. The fraction of sp³-hybridized carbons (Fsp3) is 0.130. The van der Waals surface area contributed by atoms with Crippen LogP contribution in [0.4, 0.5) is 5.69 Å². The molecule has 3 aromatic carbocycles. The predicted molar refractivity (Wildman–Crippen MR) is 116 cm³/mol. The second-order valence-electron chi connectivity index (χ2n) is 6.73. The molecule has 0 unspecified atom stereocenters. The lowest BCUT2D eigenvalue weighted by Crippen LogP contribution is -2.21. The van der Waals surface area contributed by atoms with E-state index < -0.39 is 9.84 Å². The van der Waals surface area contributed by atoms with Crippen molar-refractivity contribution in [2.24, 2.45) is 0 Å². The maximum atomic E-state index is 12.6. The fourth-order valence-corrected chi connectivity index (χ4v) is 4.30. The summed E-state index contributed by atoms with van der Waals surface area (Å²) >= 11 is 0. The van der Waals surface area contributed by atoms with Gasteiger partial charge in [-0.25, -0.2) is 8.42 Å². The Hall–Kier alpha value is -3.45. The van der Waals surface area contributed by atoms with Gasteiger partial charge in [-0.2, -0.15) is 0 Å². The van der Waals surface area contributed by atoms with Crippen LogP contribution in [0.5, 0.6) is 0 Å². The van der Waals surface area contributed by atoms with Gasteiger partial charge in [-0.3, -0.25) is 9.59 Å². The van der Waals surface area contributed by atoms with Gasteiger partial charge >= 0.3 is 0 Å². The van der Waals surface area contributed by atoms with E-state index in [9.17, 15) is 18.0 Å². The Morgan fingerprint density at radius 3 is 2.13 bits per heavy atom. The molecule has 2 amide bonds. The zero-order valence-corrected chi connectivity index (χ0v) is 17.3.